The van der Waals surface area contributed by atoms with E-state index in [1.54, 1.807) is 0 Å². The largest absolute Gasteiger partial charge is 0.492 e. The molecule has 0 radical (unpaired) electrons. The molecular formula is C34H38ClNO2. The van der Waals surface area contributed by atoms with Crippen LogP contribution in [0.25, 0.3) is 11.1 Å². The number of likely N-dealkylation sites (N-methyl/N-ethyl adjacent to an activating group) is 1. The Morgan fingerprint density at radius 1 is 0.737 bits per heavy atom. The molecule has 0 aliphatic rings. The Morgan fingerprint density at radius 2 is 1.32 bits per heavy atom. The number of ether oxygens (including phenoxy) is 1. The van der Waals surface area contributed by atoms with Crippen molar-refractivity contribution >= 4 is 11.6 Å². The molecule has 0 saturated heterocycles. The number of halogens is 1. The van der Waals surface area contributed by atoms with Gasteiger partial charge in [0.25, 0.3) is 0 Å². The number of hydrogen-bond acceptors (Lipinski definition) is 3. The molecule has 0 saturated carbocycles. The van der Waals surface area contributed by atoms with E-state index in [0.29, 0.717) is 13.0 Å². The number of rotatable bonds is 13. The fraction of sp³-hybridized carbons (Fsp3) is 0.294. The molecule has 4 heteroatoms. The van der Waals surface area contributed by atoms with Gasteiger partial charge in [0.1, 0.15) is 18.0 Å². The number of hydrogen-bond donors (Lipinski definition) is 1. The van der Waals surface area contributed by atoms with Crippen LogP contribution in [0.5, 0.6) is 5.75 Å². The number of benzene rings is 4. The maximum Gasteiger partial charge on any atom is 0.119 e. The summed E-state index contributed by atoms with van der Waals surface area (Å²) in [4.78, 5) is 2.34. The van der Waals surface area contributed by atoms with E-state index in [9.17, 15) is 5.11 Å². The summed E-state index contributed by atoms with van der Waals surface area (Å²) in [5, 5.41) is 12.9. The zero-order valence-corrected chi connectivity index (χ0v) is 23.2. The molecule has 0 aromatic heterocycles. The monoisotopic (exact) mass is 527 g/mol. The molecule has 3 nitrogen and oxygen atoms in total. The minimum absolute atomic E-state index is 0.600. The molecule has 0 aliphatic carbocycles. The van der Waals surface area contributed by atoms with E-state index in [2.05, 4.69) is 67.3 Å². The Hall–Kier alpha value is -3.11. The molecule has 0 heterocycles. The fourth-order valence-electron chi connectivity index (χ4n) is 4.88. The van der Waals surface area contributed by atoms with E-state index in [1.165, 1.54) is 5.56 Å². The van der Waals surface area contributed by atoms with Crippen LogP contribution >= 0.6 is 11.6 Å². The minimum Gasteiger partial charge on any atom is -0.492 e. The van der Waals surface area contributed by atoms with Gasteiger partial charge in [0.15, 0.2) is 0 Å². The fourth-order valence-corrected chi connectivity index (χ4v) is 5.01. The van der Waals surface area contributed by atoms with Crippen molar-refractivity contribution in [3.63, 3.8) is 0 Å². The van der Waals surface area contributed by atoms with Gasteiger partial charge in [0.05, 0.1) is 0 Å². The molecule has 198 valence electrons. The van der Waals surface area contributed by atoms with Crippen LogP contribution in [0.15, 0.2) is 103 Å². The van der Waals surface area contributed by atoms with Crippen LogP contribution in [0.1, 0.15) is 43.4 Å². The topological polar surface area (TPSA) is 32.7 Å². The minimum atomic E-state index is -1.11. The zero-order valence-electron chi connectivity index (χ0n) is 22.4. The molecule has 0 aliphatic heterocycles. The second-order valence-electron chi connectivity index (χ2n) is 9.68. The van der Waals surface area contributed by atoms with E-state index in [1.807, 2.05) is 54.6 Å². The maximum absolute atomic E-state index is 12.2. The first-order valence-corrected chi connectivity index (χ1v) is 14.0. The van der Waals surface area contributed by atoms with Gasteiger partial charge in [0.2, 0.25) is 0 Å². The van der Waals surface area contributed by atoms with Gasteiger partial charge < -0.3 is 14.7 Å². The van der Waals surface area contributed by atoms with Gasteiger partial charge in [-0.05, 0) is 84.4 Å². The Labute approximate surface area is 232 Å². The molecule has 1 unspecified atom stereocenters. The van der Waals surface area contributed by atoms with E-state index < -0.39 is 5.60 Å². The molecule has 4 aromatic rings. The van der Waals surface area contributed by atoms with Crippen LogP contribution in [0.2, 0.25) is 5.02 Å². The average Bonchev–Trinajstić information content (AvgIpc) is 2.97. The van der Waals surface area contributed by atoms with Crippen LogP contribution in [-0.4, -0.2) is 36.2 Å². The standard InChI is InChI=1S/C34H38ClNO2/c1-3-36(4-2)25-26-38-33-22-18-31(19-23-33)34(37,24-8-9-27-12-20-32(35)21-13-27)30-16-14-29(15-17-30)28-10-6-5-7-11-28/h5-7,10-23,37H,3-4,8-9,24-26H2,1-2H3. The highest BCUT2D eigenvalue weighted by molar-refractivity contribution is 6.30. The highest BCUT2D eigenvalue weighted by Gasteiger charge is 2.31. The lowest BCUT2D eigenvalue weighted by Crippen LogP contribution is -2.28. The molecule has 1 N–H and O–H groups in total. The summed E-state index contributed by atoms with van der Waals surface area (Å²) in [5.41, 5.74) is 4.17. The number of aliphatic hydroxyl groups is 1. The first-order chi connectivity index (χ1) is 18.5. The van der Waals surface area contributed by atoms with Crippen molar-refractivity contribution in [1.82, 2.24) is 4.90 Å². The first kappa shape index (κ1) is 27.9. The molecule has 38 heavy (non-hydrogen) atoms. The van der Waals surface area contributed by atoms with Crippen molar-refractivity contribution in [3.8, 4) is 16.9 Å². The molecule has 1 atom stereocenters. The van der Waals surface area contributed by atoms with E-state index in [4.69, 9.17) is 16.3 Å². The highest BCUT2D eigenvalue weighted by Crippen LogP contribution is 2.36. The van der Waals surface area contributed by atoms with Gasteiger partial charge in [-0.3, -0.25) is 0 Å². The van der Waals surface area contributed by atoms with Crippen molar-refractivity contribution in [3.05, 3.63) is 125 Å². The van der Waals surface area contributed by atoms with Gasteiger partial charge in [-0.1, -0.05) is 104 Å². The van der Waals surface area contributed by atoms with Gasteiger partial charge in [-0.25, -0.2) is 0 Å². The lowest BCUT2D eigenvalue weighted by Gasteiger charge is -2.30. The lowest BCUT2D eigenvalue weighted by atomic mass is 9.81. The Balaban J connectivity index is 1.53. The number of aryl methyl sites for hydroxylation is 1. The summed E-state index contributed by atoms with van der Waals surface area (Å²) in [5.74, 6) is 0.823. The Morgan fingerprint density at radius 3 is 1.92 bits per heavy atom. The van der Waals surface area contributed by atoms with Crippen LogP contribution < -0.4 is 4.74 Å². The normalized spacial score (nSPS) is 12.9. The van der Waals surface area contributed by atoms with E-state index in [-0.39, 0.29) is 0 Å². The summed E-state index contributed by atoms with van der Waals surface area (Å²) >= 11 is 6.06. The Bertz CT molecular complexity index is 1240. The molecule has 4 aromatic carbocycles. The summed E-state index contributed by atoms with van der Waals surface area (Å²) in [6.45, 7) is 7.91. The predicted octanol–water partition coefficient (Wildman–Crippen LogP) is 7.99. The zero-order chi connectivity index (χ0) is 26.8. The van der Waals surface area contributed by atoms with Crippen LogP contribution in [0, 0.1) is 0 Å². The van der Waals surface area contributed by atoms with Crippen molar-refractivity contribution in [1.29, 1.82) is 0 Å². The van der Waals surface area contributed by atoms with Gasteiger partial charge in [0, 0.05) is 11.6 Å². The van der Waals surface area contributed by atoms with E-state index in [0.717, 1.165) is 65.5 Å². The third-order valence-corrected chi connectivity index (χ3v) is 7.54. The van der Waals surface area contributed by atoms with Crippen molar-refractivity contribution in [2.24, 2.45) is 0 Å². The second kappa shape index (κ2) is 13.6. The lowest BCUT2D eigenvalue weighted by molar-refractivity contribution is 0.0687. The van der Waals surface area contributed by atoms with Gasteiger partial charge in [-0.2, -0.15) is 0 Å². The van der Waals surface area contributed by atoms with Crippen molar-refractivity contribution < 1.29 is 9.84 Å². The molecule has 0 fully saturated rings. The third kappa shape index (κ3) is 7.26. The molecule has 4 rings (SSSR count). The molecule has 0 bridgehead atoms. The smallest absolute Gasteiger partial charge is 0.119 e. The summed E-state index contributed by atoms with van der Waals surface area (Å²) in [6.07, 6.45) is 2.30. The quantitative estimate of drug-likeness (QED) is 0.191. The molecular weight excluding hydrogens is 490 g/mol. The predicted molar refractivity (Wildman–Crippen MR) is 159 cm³/mol. The highest BCUT2D eigenvalue weighted by atomic mass is 35.5. The van der Waals surface area contributed by atoms with Crippen molar-refractivity contribution in [2.75, 3.05) is 26.2 Å². The first-order valence-electron chi connectivity index (χ1n) is 13.6. The Kier molecular flexibility index (Phi) is 10.0. The third-order valence-electron chi connectivity index (χ3n) is 7.29. The maximum atomic E-state index is 12.2. The van der Waals surface area contributed by atoms with Gasteiger partial charge in [-0.15, -0.1) is 0 Å². The van der Waals surface area contributed by atoms with Crippen LogP contribution in [0.4, 0.5) is 0 Å². The molecule has 0 amide bonds. The van der Waals surface area contributed by atoms with Crippen LogP contribution in [0.3, 0.4) is 0 Å². The number of nitrogens with zero attached hydrogens (tertiary/aromatic N) is 1. The second-order valence-corrected chi connectivity index (χ2v) is 10.1. The summed E-state index contributed by atoms with van der Waals surface area (Å²) in [6, 6.07) is 34.5. The van der Waals surface area contributed by atoms with Crippen LogP contribution in [-0.2, 0) is 12.0 Å². The average molecular weight is 528 g/mol. The van der Waals surface area contributed by atoms with E-state index >= 15 is 0 Å². The summed E-state index contributed by atoms with van der Waals surface area (Å²) in [7, 11) is 0. The SMILES string of the molecule is CCN(CC)CCOc1ccc(C(O)(CCCc2ccc(Cl)cc2)c2ccc(-c3ccccc3)cc2)cc1. The van der Waals surface area contributed by atoms with Crippen molar-refractivity contribution in [2.45, 2.75) is 38.7 Å². The molecule has 0 spiro atoms. The summed E-state index contributed by atoms with van der Waals surface area (Å²) < 4.78 is 5.99. The van der Waals surface area contributed by atoms with Gasteiger partial charge >= 0.3 is 0 Å².